The molecule has 172 valence electrons. The molecule has 1 fully saturated rings. The summed E-state index contributed by atoms with van der Waals surface area (Å²) < 4.78 is 41.1. The van der Waals surface area contributed by atoms with Crippen molar-refractivity contribution in [1.82, 2.24) is 14.5 Å². The Hall–Kier alpha value is -2.81. The molecule has 0 spiro atoms. The molecule has 1 aromatic carbocycles. The summed E-state index contributed by atoms with van der Waals surface area (Å²) in [6, 6.07) is 9.92. The van der Waals surface area contributed by atoms with Gasteiger partial charge in [-0.2, -0.15) is 5.10 Å². The summed E-state index contributed by atoms with van der Waals surface area (Å²) in [5.41, 5.74) is 4.83. The van der Waals surface area contributed by atoms with Crippen LogP contribution in [-0.2, 0) is 17.9 Å². The molecule has 4 aromatic rings. The molecule has 5 rings (SSSR count). The molecule has 1 aliphatic heterocycles. The minimum Gasteiger partial charge on any atom is -0.473 e. The van der Waals surface area contributed by atoms with Gasteiger partial charge in [-0.1, -0.05) is 6.07 Å². The van der Waals surface area contributed by atoms with Gasteiger partial charge in [0.2, 0.25) is 5.88 Å². The molecule has 0 bridgehead atoms. The van der Waals surface area contributed by atoms with Crippen molar-refractivity contribution in [2.24, 2.45) is 0 Å². The van der Waals surface area contributed by atoms with Crippen molar-refractivity contribution in [2.45, 2.75) is 27.0 Å². The molecule has 4 heterocycles. The molecular formula is C25H25F2N3O2S. The van der Waals surface area contributed by atoms with Crippen LogP contribution in [-0.4, -0.2) is 40.8 Å². The third-order valence-electron chi connectivity index (χ3n) is 5.87. The molecule has 8 heteroatoms. The maximum absolute atomic E-state index is 14.1. The van der Waals surface area contributed by atoms with Crippen LogP contribution in [0.3, 0.4) is 0 Å². The largest absolute Gasteiger partial charge is 0.473 e. The second-order valence-corrected chi connectivity index (χ2v) is 9.30. The van der Waals surface area contributed by atoms with Crippen molar-refractivity contribution in [1.29, 1.82) is 0 Å². The zero-order valence-electron chi connectivity index (χ0n) is 18.6. The zero-order chi connectivity index (χ0) is 22.9. The van der Waals surface area contributed by atoms with E-state index in [9.17, 15) is 8.78 Å². The number of pyridine rings is 1. The molecule has 1 saturated heterocycles. The highest BCUT2D eigenvalue weighted by Gasteiger charge is 2.19. The van der Waals surface area contributed by atoms with Crippen LogP contribution < -0.4 is 4.74 Å². The molecule has 0 unspecified atom stereocenters. The van der Waals surface area contributed by atoms with Crippen molar-refractivity contribution < 1.29 is 18.3 Å². The van der Waals surface area contributed by atoms with E-state index in [1.54, 1.807) is 15.9 Å². The van der Waals surface area contributed by atoms with Gasteiger partial charge in [0.15, 0.2) is 0 Å². The summed E-state index contributed by atoms with van der Waals surface area (Å²) in [6.07, 6.45) is 0. The quantitative estimate of drug-likeness (QED) is 0.381. The first-order chi connectivity index (χ1) is 16.0. The first-order valence-corrected chi connectivity index (χ1v) is 11.8. The van der Waals surface area contributed by atoms with E-state index in [1.165, 1.54) is 23.1 Å². The van der Waals surface area contributed by atoms with Crippen molar-refractivity contribution in [2.75, 3.05) is 26.3 Å². The fourth-order valence-corrected chi connectivity index (χ4v) is 5.13. The lowest BCUT2D eigenvalue weighted by Gasteiger charge is -2.25. The Morgan fingerprint density at radius 3 is 2.61 bits per heavy atom. The number of nitrogens with zero attached hydrogens (tertiary/aromatic N) is 3. The summed E-state index contributed by atoms with van der Waals surface area (Å²) in [4.78, 5) is 3.70. The van der Waals surface area contributed by atoms with Gasteiger partial charge in [0.05, 0.1) is 30.0 Å². The van der Waals surface area contributed by atoms with E-state index in [0.29, 0.717) is 5.88 Å². The van der Waals surface area contributed by atoms with E-state index in [1.807, 2.05) is 19.9 Å². The van der Waals surface area contributed by atoms with Crippen molar-refractivity contribution >= 4 is 16.9 Å². The number of thiophene rings is 1. The molecule has 1 aliphatic rings. The predicted molar refractivity (Wildman–Crippen MR) is 125 cm³/mol. The Kier molecular flexibility index (Phi) is 6.14. The second-order valence-electron chi connectivity index (χ2n) is 8.31. The lowest BCUT2D eigenvalue weighted by atomic mass is 10.1. The Morgan fingerprint density at radius 1 is 1.09 bits per heavy atom. The monoisotopic (exact) mass is 469 g/mol. The highest BCUT2D eigenvalue weighted by atomic mass is 32.1. The number of halogens is 2. The van der Waals surface area contributed by atoms with Gasteiger partial charge in [0.25, 0.3) is 0 Å². The standard InChI is InChI=1S/C25H25F2N3O2S/c1-16-10-23-25(18-12-19(33-15-18)13-29-6-8-31-9-7-29)17(2)28-30(23)24(11-16)32-14-20-21(26)4-3-5-22(20)27/h3-5,10-12,15H,6-9,13-14H2,1-2H3. The average Bonchev–Trinajstić information content (AvgIpc) is 3.37. The third kappa shape index (κ3) is 4.51. The van der Waals surface area contributed by atoms with Gasteiger partial charge in [-0.3, -0.25) is 4.90 Å². The van der Waals surface area contributed by atoms with Gasteiger partial charge in [-0.25, -0.2) is 13.3 Å². The van der Waals surface area contributed by atoms with Crippen LogP contribution >= 0.6 is 11.3 Å². The molecule has 0 saturated carbocycles. The second kappa shape index (κ2) is 9.21. The van der Waals surface area contributed by atoms with E-state index in [-0.39, 0.29) is 12.2 Å². The normalized spacial score (nSPS) is 14.8. The van der Waals surface area contributed by atoms with Crippen LogP contribution in [0.25, 0.3) is 16.6 Å². The summed E-state index contributed by atoms with van der Waals surface area (Å²) in [5, 5.41) is 6.86. The Bertz CT molecular complexity index is 1270. The van der Waals surface area contributed by atoms with Gasteiger partial charge in [-0.05, 0) is 54.6 Å². The van der Waals surface area contributed by atoms with Crippen molar-refractivity contribution in [3.63, 3.8) is 0 Å². The van der Waals surface area contributed by atoms with E-state index < -0.39 is 11.6 Å². The van der Waals surface area contributed by atoms with E-state index in [2.05, 4.69) is 22.4 Å². The van der Waals surface area contributed by atoms with Gasteiger partial charge >= 0.3 is 0 Å². The van der Waals surface area contributed by atoms with Gasteiger partial charge in [0.1, 0.15) is 18.2 Å². The van der Waals surface area contributed by atoms with Crippen LogP contribution in [0.4, 0.5) is 8.78 Å². The number of morpholine rings is 1. The number of fused-ring (bicyclic) bond motifs is 1. The Morgan fingerprint density at radius 2 is 1.85 bits per heavy atom. The maximum Gasteiger partial charge on any atom is 0.215 e. The van der Waals surface area contributed by atoms with E-state index in [4.69, 9.17) is 14.6 Å². The number of aromatic nitrogens is 2. The third-order valence-corrected chi connectivity index (χ3v) is 6.79. The number of aryl methyl sites for hydroxylation is 2. The summed E-state index contributed by atoms with van der Waals surface area (Å²) >= 11 is 1.74. The number of hydrogen-bond acceptors (Lipinski definition) is 5. The van der Waals surface area contributed by atoms with Crippen LogP contribution in [0.2, 0.25) is 0 Å². The number of rotatable bonds is 6. The van der Waals surface area contributed by atoms with Crippen LogP contribution in [0, 0.1) is 25.5 Å². The molecule has 5 nitrogen and oxygen atoms in total. The molecule has 0 aliphatic carbocycles. The molecule has 0 atom stereocenters. The first kappa shape index (κ1) is 22.0. The van der Waals surface area contributed by atoms with Crippen molar-refractivity contribution in [3.05, 3.63) is 75.1 Å². The minimum atomic E-state index is -0.623. The van der Waals surface area contributed by atoms with E-state index >= 15 is 0 Å². The summed E-state index contributed by atoms with van der Waals surface area (Å²) in [6.45, 7) is 8.10. The van der Waals surface area contributed by atoms with Crippen LogP contribution in [0.5, 0.6) is 5.88 Å². The zero-order valence-corrected chi connectivity index (χ0v) is 19.4. The smallest absolute Gasteiger partial charge is 0.215 e. The summed E-state index contributed by atoms with van der Waals surface area (Å²) in [5.74, 6) is -0.796. The minimum absolute atomic E-state index is 0.0955. The maximum atomic E-state index is 14.1. The van der Waals surface area contributed by atoms with Gasteiger partial charge in [0, 0.05) is 36.1 Å². The molecule has 0 N–H and O–H groups in total. The molecular weight excluding hydrogens is 444 g/mol. The fourth-order valence-electron chi connectivity index (χ4n) is 4.21. The lowest BCUT2D eigenvalue weighted by Crippen LogP contribution is -2.35. The number of ether oxygens (including phenoxy) is 2. The highest BCUT2D eigenvalue weighted by molar-refractivity contribution is 7.10. The molecule has 0 amide bonds. The fraction of sp³-hybridized carbons (Fsp3) is 0.320. The number of benzene rings is 1. The molecule has 33 heavy (non-hydrogen) atoms. The van der Waals surface area contributed by atoms with Crippen LogP contribution in [0.1, 0.15) is 21.7 Å². The molecule has 3 aromatic heterocycles. The Labute approximate surface area is 195 Å². The Balaban J connectivity index is 1.45. The summed E-state index contributed by atoms with van der Waals surface area (Å²) in [7, 11) is 0. The average molecular weight is 470 g/mol. The first-order valence-electron chi connectivity index (χ1n) is 10.9. The number of hydrogen-bond donors (Lipinski definition) is 0. The van der Waals surface area contributed by atoms with Gasteiger partial charge < -0.3 is 9.47 Å². The lowest BCUT2D eigenvalue weighted by molar-refractivity contribution is 0.0346. The van der Waals surface area contributed by atoms with Crippen LogP contribution in [0.15, 0.2) is 41.8 Å². The SMILES string of the molecule is Cc1cc(OCc2c(F)cccc2F)n2nc(C)c(-c3csc(CN4CCOCC4)c3)c2c1. The predicted octanol–water partition coefficient (Wildman–Crippen LogP) is 5.37. The van der Waals surface area contributed by atoms with Crippen molar-refractivity contribution in [3.8, 4) is 17.0 Å². The highest BCUT2D eigenvalue weighted by Crippen LogP contribution is 2.35. The topological polar surface area (TPSA) is 39.0 Å². The van der Waals surface area contributed by atoms with E-state index in [0.717, 1.165) is 60.7 Å². The van der Waals surface area contributed by atoms with Gasteiger partial charge in [-0.15, -0.1) is 11.3 Å². The molecule has 0 radical (unpaired) electrons.